The van der Waals surface area contributed by atoms with E-state index in [2.05, 4.69) is 32.3 Å². The van der Waals surface area contributed by atoms with Gasteiger partial charge in [0.2, 0.25) is 11.8 Å². The van der Waals surface area contributed by atoms with Gasteiger partial charge in [0.25, 0.3) is 0 Å². The molecule has 5 rings (SSSR count). The lowest BCUT2D eigenvalue weighted by atomic mass is 9.85. The van der Waals surface area contributed by atoms with Crippen LogP contribution in [0.4, 0.5) is 23.5 Å². The number of alkyl halides is 3. The van der Waals surface area contributed by atoms with E-state index in [9.17, 15) is 17.6 Å². The quantitative estimate of drug-likeness (QED) is 0.504. The number of hydrogen-bond donors (Lipinski definition) is 1. The van der Waals surface area contributed by atoms with Gasteiger partial charge in [-0.05, 0) is 30.5 Å². The first-order chi connectivity index (χ1) is 17.3. The molecule has 1 N–H and O–H groups in total. The van der Waals surface area contributed by atoms with Crippen LogP contribution in [0.1, 0.15) is 24.1 Å². The largest absolute Gasteiger partial charge is 0.439 e. The maximum absolute atomic E-state index is 13.6. The lowest BCUT2D eigenvalue weighted by Crippen LogP contribution is -2.64. The van der Waals surface area contributed by atoms with Gasteiger partial charge in [-0.15, -0.1) is 0 Å². The summed E-state index contributed by atoms with van der Waals surface area (Å²) < 4.78 is 59.7. The van der Waals surface area contributed by atoms with Crippen LogP contribution < -0.4 is 15.0 Å². The first kappa shape index (κ1) is 24.5. The molecule has 2 aliphatic heterocycles. The number of halogens is 4. The first-order valence-electron chi connectivity index (χ1n) is 11.9. The van der Waals surface area contributed by atoms with Gasteiger partial charge < -0.3 is 15.0 Å². The molecule has 2 fully saturated rings. The van der Waals surface area contributed by atoms with Crippen LogP contribution in [0.15, 0.2) is 60.7 Å². The molecule has 2 aliphatic rings. The van der Waals surface area contributed by atoms with Crippen LogP contribution in [-0.2, 0) is 12.7 Å². The average molecular weight is 502 g/mol. The fourth-order valence-electron chi connectivity index (χ4n) is 4.89. The minimum atomic E-state index is -4.67. The van der Waals surface area contributed by atoms with Crippen molar-refractivity contribution in [3.8, 4) is 11.6 Å². The zero-order valence-corrected chi connectivity index (χ0v) is 19.6. The predicted molar refractivity (Wildman–Crippen MR) is 127 cm³/mol. The van der Waals surface area contributed by atoms with Crippen LogP contribution in [-0.4, -0.2) is 53.1 Å². The highest BCUT2D eigenvalue weighted by Crippen LogP contribution is 2.34. The molecule has 3 aromatic rings. The summed E-state index contributed by atoms with van der Waals surface area (Å²) in [5, 5.41) is 3.66. The van der Waals surface area contributed by atoms with Gasteiger partial charge in [0.1, 0.15) is 11.6 Å². The Balaban J connectivity index is 1.30. The first-order valence-corrected chi connectivity index (χ1v) is 11.9. The minimum absolute atomic E-state index is 0.0389. The number of hydrogen-bond acceptors (Lipinski definition) is 6. The van der Waals surface area contributed by atoms with Crippen molar-refractivity contribution in [3.05, 3.63) is 77.7 Å². The maximum atomic E-state index is 13.6. The Labute approximate surface area is 206 Å². The van der Waals surface area contributed by atoms with Gasteiger partial charge in [-0.25, -0.2) is 9.37 Å². The summed E-state index contributed by atoms with van der Waals surface area (Å²) in [6.07, 6.45) is -3.17. The number of piperazine rings is 1. The minimum Gasteiger partial charge on any atom is -0.439 e. The van der Waals surface area contributed by atoms with Gasteiger partial charge in [0, 0.05) is 56.9 Å². The number of rotatable bonds is 5. The predicted octanol–water partition coefficient (Wildman–Crippen LogP) is 4.87. The third-order valence-corrected chi connectivity index (χ3v) is 6.71. The number of nitrogens with one attached hydrogen (secondary N) is 1. The van der Waals surface area contributed by atoms with Crippen molar-refractivity contribution in [2.24, 2.45) is 0 Å². The Morgan fingerprint density at radius 3 is 2.44 bits per heavy atom. The van der Waals surface area contributed by atoms with Crippen LogP contribution in [0.3, 0.4) is 0 Å². The molecule has 0 atom stereocenters. The number of aromatic nitrogens is 2. The molecule has 0 bridgehead atoms. The lowest BCUT2D eigenvalue weighted by molar-refractivity contribution is -0.141. The Hall–Kier alpha value is -3.24. The third-order valence-electron chi connectivity index (χ3n) is 6.71. The number of anilines is 1. The normalized spacial score (nSPS) is 18.4. The topological polar surface area (TPSA) is 53.5 Å². The average Bonchev–Trinajstić information content (AvgIpc) is 2.85. The zero-order valence-electron chi connectivity index (χ0n) is 19.6. The summed E-state index contributed by atoms with van der Waals surface area (Å²) in [4.78, 5) is 12.2. The molecule has 0 aliphatic carbocycles. The number of benzene rings is 2. The van der Waals surface area contributed by atoms with Crippen LogP contribution >= 0.6 is 0 Å². The van der Waals surface area contributed by atoms with Crippen molar-refractivity contribution in [1.29, 1.82) is 0 Å². The Morgan fingerprint density at radius 1 is 0.944 bits per heavy atom. The molecule has 0 unspecified atom stereocenters. The molecule has 2 saturated heterocycles. The summed E-state index contributed by atoms with van der Waals surface area (Å²) in [7, 11) is 0. The van der Waals surface area contributed by atoms with E-state index in [0.29, 0.717) is 13.1 Å². The smallest absolute Gasteiger partial charge is 0.433 e. The lowest BCUT2D eigenvalue weighted by Gasteiger charge is -2.48. The molecule has 3 heterocycles. The number of nitrogens with zero attached hydrogens (tertiary/aromatic N) is 4. The van der Waals surface area contributed by atoms with Crippen molar-refractivity contribution in [3.63, 3.8) is 0 Å². The molecule has 6 nitrogen and oxygen atoms in total. The van der Waals surface area contributed by atoms with Crippen LogP contribution in [0.2, 0.25) is 0 Å². The van der Waals surface area contributed by atoms with Gasteiger partial charge in [0.15, 0.2) is 5.69 Å². The molecular weight excluding hydrogens is 474 g/mol. The van der Waals surface area contributed by atoms with E-state index in [4.69, 9.17) is 4.74 Å². The number of piperidine rings is 1. The second-order valence-electron chi connectivity index (χ2n) is 9.34. The Kier molecular flexibility index (Phi) is 6.81. The molecule has 1 spiro atoms. The second-order valence-corrected chi connectivity index (χ2v) is 9.34. The zero-order chi connectivity index (χ0) is 25.2. The van der Waals surface area contributed by atoms with Gasteiger partial charge in [-0.3, -0.25) is 4.90 Å². The summed E-state index contributed by atoms with van der Waals surface area (Å²) in [6.45, 7) is 4.55. The highest BCUT2D eigenvalue weighted by molar-refractivity contribution is 5.38. The summed E-state index contributed by atoms with van der Waals surface area (Å²) in [5.74, 6) is -0.804. The van der Waals surface area contributed by atoms with Crippen molar-refractivity contribution in [2.45, 2.75) is 31.1 Å². The fraction of sp³-hybridized carbons (Fsp3) is 0.385. The fourth-order valence-corrected chi connectivity index (χ4v) is 4.89. The molecule has 0 saturated carbocycles. The van der Waals surface area contributed by atoms with Gasteiger partial charge in [0.05, 0.1) is 0 Å². The van der Waals surface area contributed by atoms with Crippen LogP contribution in [0.25, 0.3) is 0 Å². The van der Waals surface area contributed by atoms with Crippen LogP contribution in [0, 0.1) is 5.82 Å². The summed E-state index contributed by atoms with van der Waals surface area (Å²) in [5.41, 5.74) is 0.0608. The molecular formula is C26H27F4N5O. The van der Waals surface area contributed by atoms with Gasteiger partial charge in [-0.2, -0.15) is 18.2 Å². The van der Waals surface area contributed by atoms with Crippen molar-refractivity contribution >= 4 is 5.95 Å². The second kappa shape index (κ2) is 10.0. The summed E-state index contributed by atoms with van der Waals surface area (Å²) in [6, 6.07) is 16.2. The standard InChI is InChI=1S/C26H27F4N5O/c27-20-7-4-8-21(15-20)36-23-16-22(26(28,29)30)32-24(33-23)35-12-9-25(10-13-35)18-34(14-11-31-25)17-19-5-2-1-3-6-19/h1-8,15-16,31H,9-14,17-18H2. The molecule has 190 valence electrons. The van der Waals surface area contributed by atoms with Crippen molar-refractivity contribution in [1.82, 2.24) is 20.2 Å². The van der Waals surface area contributed by atoms with E-state index < -0.39 is 17.7 Å². The number of ether oxygens (including phenoxy) is 1. The van der Waals surface area contributed by atoms with E-state index in [1.165, 1.54) is 23.8 Å². The van der Waals surface area contributed by atoms with Gasteiger partial charge in [-0.1, -0.05) is 36.4 Å². The highest BCUT2D eigenvalue weighted by atomic mass is 19.4. The van der Waals surface area contributed by atoms with Crippen molar-refractivity contribution in [2.75, 3.05) is 37.6 Å². The Morgan fingerprint density at radius 2 is 1.72 bits per heavy atom. The Bertz CT molecular complexity index is 1180. The van der Waals surface area contributed by atoms with E-state index in [-0.39, 0.29) is 23.1 Å². The van der Waals surface area contributed by atoms with E-state index in [0.717, 1.165) is 51.2 Å². The molecule has 1 aromatic heterocycles. The molecule has 36 heavy (non-hydrogen) atoms. The van der Waals surface area contributed by atoms with Crippen molar-refractivity contribution < 1.29 is 22.3 Å². The molecule has 10 heteroatoms. The van der Waals surface area contributed by atoms with Crippen LogP contribution in [0.5, 0.6) is 11.6 Å². The molecule has 2 aromatic carbocycles. The van der Waals surface area contributed by atoms with E-state index in [1.807, 2.05) is 18.2 Å². The monoisotopic (exact) mass is 501 g/mol. The molecule has 0 radical (unpaired) electrons. The van der Waals surface area contributed by atoms with E-state index in [1.54, 1.807) is 4.90 Å². The third kappa shape index (κ3) is 5.76. The summed E-state index contributed by atoms with van der Waals surface area (Å²) >= 11 is 0. The maximum Gasteiger partial charge on any atom is 0.433 e. The highest BCUT2D eigenvalue weighted by Gasteiger charge is 2.40. The van der Waals surface area contributed by atoms with Gasteiger partial charge >= 0.3 is 6.18 Å². The SMILES string of the molecule is Fc1cccc(Oc2cc(C(F)(F)F)nc(N3CCC4(CC3)CN(Cc3ccccc3)CCN4)n2)c1. The molecule has 0 amide bonds. The van der Waals surface area contributed by atoms with E-state index >= 15 is 0 Å².